The van der Waals surface area contributed by atoms with Gasteiger partial charge >= 0.3 is 0 Å². The molecular formula is C87H96N40S5. The smallest absolute Gasteiger partial charge is 0.181 e. The minimum Gasteiger partial charge on any atom is -0.330 e. The molecule has 2 unspecified atom stereocenters. The second-order valence-electron chi connectivity index (χ2n) is 31.8. The number of aromatic nitrogens is 30. The van der Waals surface area contributed by atoms with Gasteiger partial charge < -0.3 is 54.0 Å². The number of imidazole rings is 5. The number of anilines is 10. The Bertz CT molecular complexity index is 7350. The van der Waals surface area contributed by atoms with Gasteiger partial charge in [-0.25, -0.2) is 49.8 Å². The summed E-state index contributed by atoms with van der Waals surface area (Å²) in [6.07, 6.45) is 45.4. The molecule has 0 aromatic carbocycles. The summed E-state index contributed by atoms with van der Waals surface area (Å²) in [4.78, 5) is 47.0. The van der Waals surface area contributed by atoms with Crippen LogP contribution in [0.3, 0.4) is 0 Å². The van der Waals surface area contributed by atoms with Crippen molar-refractivity contribution >= 4 is 151 Å². The van der Waals surface area contributed by atoms with Gasteiger partial charge in [-0.15, -0.1) is 0 Å². The number of nitrogens with one attached hydrogen (secondary N) is 8. The summed E-state index contributed by atoms with van der Waals surface area (Å²) >= 11 is 7.06. The third-order valence-electron chi connectivity index (χ3n) is 21.4. The Morgan fingerprint density at radius 3 is 0.924 bits per heavy atom. The van der Waals surface area contributed by atoms with Crippen molar-refractivity contribution in [1.29, 1.82) is 0 Å². The standard InChI is InChI=1S/2C19H20N8S.C17H20N8S.2C16H18N8S/c2*1-12-7-17(28-25-12)24-18-19-21-9-16(14-8-22-26(2)10-14)27(19)11-15(23-18)13-3-5-20-6-4-13;1-10-5-15(26-23-10)22-16-17-19-7-14(12-6-20-24(4)8-12)25(17)9-13(21-16)11(2)18-3;1-9-4-14(25-22-9)21-15-16-18-6-13(11-5-19-23(3)7-11)24(16)8-12(20-15)10(2)17;1-10-5-14(25-22-10)21-15-16-18-7-13(11-6-19-23(2)8-11)24(16)9-12(20-15)3-4-17/h2*3,7-11,20H,4-6H2,1-2H3,(H,23,24);5-9,11,18H,1-4H3,(H,21,22);4-8,10H,17H2,1-3H3,(H,20,21);5-9H,3-4,17H2,1-2H3,(H,20,21). The number of nitrogens with zero attached hydrogens (tertiary/aromatic N) is 30. The summed E-state index contributed by atoms with van der Waals surface area (Å²) in [5, 5.41) is 52.9. The number of aryl methyl sites for hydroxylation is 10. The van der Waals surface area contributed by atoms with Crippen LogP contribution < -0.4 is 54.0 Å². The fourth-order valence-electron chi connectivity index (χ4n) is 14.8. The Labute approximate surface area is 777 Å². The highest BCUT2D eigenvalue weighted by Crippen LogP contribution is 2.37. The molecule has 0 aliphatic carbocycles. The van der Waals surface area contributed by atoms with Crippen LogP contribution in [0.2, 0.25) is 0 Å². The first kappa shape index (κ1) is 88.2. The van der Waals surface area contributed by atoms with Crippen molar-refractivity contribution in [3.05, 3.63) is 223 Å². The zero-order valence-electron chi connectivity index (χ0n) is 74.5. The Hall–Kier alpha value is -14.4. The number of hydrogen-bond donors (Lipinski definition) is 10. The molecule has 45 heteroatoms. The first-order valence-electron chi connectivity index (χ1n) is 42.3. The van der Waals surface area contributed by atoms with E-state index >= 15 is 0 Å². The van der Waals surface area contributed by atoms with E-state index in [9.17, 15) is 0 Å². The maximum Gasteiger partial charge on any atom is 0.181 e. The van der Waals surface area contributed by atoms with E-state index in [-0.39, 0.29) is 12.1 Å². The van der Waals surface area contributed by atoms with Crippen molar-refractivity contribution in [2.24, 2.45) is 46.7 Å². The fourth-order valence-corrected chi connectivity index (χ4v) is 18.1. The van der Waals surface area contributed by atoms with Gasteiger partial charge in [0.25, 0.3) is 0 Å². The molecule has 0 spiro atoms. The molecule has 0 saturated carbocycles. The van der Waals surface area contributed by atoms with Crippen LogP contribution in [0.1, 0.15) is 95.7 Å². The number of fused-ring (bicyclic) bond motifs is 5. The summed E-state index contributed by atoms with van der Waals surface area (Å²) < 4.78 is 40.8. The average molecular weight is 1860 g/mol. The zero-order valence-corrected chi connectivity index (χ0v) is 78.6. The molecule has 40 nitrogen and oxygen atoms in total. The van der Waals surface area contributed by atoms with Crippen LogP contribution in [0.25, 0.3) is 95.7 Å². The predicted octanol–water partition coefficient (Wildman–Crippen LogP) is 13.7. The van der Waals surface area contributed by atoms with Gasteiger partial charge in [0, 0.05) is 157 Å². The average Bonchev–Trinajstić information content (AvgIpc) is 1.66. The van der Waals surface area contributed by atoms with Gasteiger partial charge in [0.15, 0.2) is 57.3 Å². The van der Waals surface area contributed by atoms with E-state index in [0.29, 0.717) is 30.4 Å². The minimum atomic E-state index is -0.197. The number of nitrogens with two attached hydrogens (primary N) is 2. The Kier molecular flexibility index (Phi) is 25.9. The van der Waals surface area contributed by atoms with E-state index in [2.05, 4.69) is 164 Å². The lowest BCUT2D eigenvalue weighted by Gasteiger charge is -2.15. The van der Waals surface area contributed by atoms with Crippen LogP contribution in [-0.4, -0.2) is 182 Å². The van der Waals surface area contributed by atoms with Crippen molar-refractivity contribution in [2.45, 2.75) is 79.8 Å². The Morgan fingerprint density at radius 1 is 0.371 bits per heavy atom. The summed E-state index contributed by atoms with van der Waals surface area (Å²) in [7, 11) is 11.4. The topological polar surface area (TPSA) is 453 Å². The minimum absolute atomic E-state index is 0.104. The normalized spacial score (nSPS) is 13.1. The monoisotopic (exact) mass is 1860 g/mol. The molecule has 674 valence electrons. The molecule has 2 aliphatic rings. The highest BCUT2D eigenvalue weighted by molar-refractivity contribution is 7.11. The molecule has 2 aliphatic heterocycles. The van der Waals surface area contributed by atoms with Crippen molar-refractivity contribution in [1.82, 2.24) is 159 Å². The van der Waals surface area contributed by atoms with Gasteiger partial charge in [0.05, 0.1) is 147 Å². The van der Waals surface area contributed by atoms with Gasteiger partial charge in [-0.2, -0.15) is 47.4 Å². The maximum atomic E-state index is 6.08. The fraction of sp³-hybridized carbons (Fsp3) is 0.264. The third-order valence-corrected chi connectivity index (χ3v) is 25.4. The van der Waals surface area contributed by atoms with Crippen LogP contribution in [0.4, 0.5) is 54.1 Å². The SMILES string of the molecule is CNC(C)c1cn2c(-c3cnn(C)c3)cnc2c(Nc2cc(C)ns2)n1.Cc1cc(Nc2nc(C(C)N)cn3c(-c4cnn(C)c4)cnc23)sn1.Cc1cc(Nc2nc(C3=CCNCC3)cn3c(-c4cnn(C)c4)cnc23)sn1.Cc1cc(Nc2nc(C3=CCNCC3)cn3c(-c4cnn(C)c4)cnc23)sn1.Cc1cc(Nc2nc(CCN)cn3c(-c4cnn(C)c4)cnc23)sn1. The predicted molar refractivity (Wildman–Crippen MR) is 520 cm³/mol. The Balaban J connectivity index is 0.000000111. The Morgan fingerprint density at radius 2 is 0.659 bits per heavy atom. The summed E-state index contributed by atoms with van der Waals surface area (Å²) in [5.41, 5.74) is 37.4. The molecule has 0 bridgehead atoms. The first-order valence-corrected chi connectivity index (χ1v) is 46.2. The van der Waals surface area contributed by atoms with Crippen LogP contribution in [-0.2, 0) is 41.7 Å². The lowest BCUT2D eigenvalue weighted by Crippen LogP contribution is -2.20. The lowest BCUT2D eigenvalue weighted by atomic mass is 10.1. The molecule has 20 aromatic heterocycles. The highest BCUT2D eigenvalue weighted by atomic mass is 32.1. The van der Waals surface area contributed by atoms with Gasteiger partial charge in [-0.3, -0.25) is 45.4 Å². The van der Waals surface area contributed by atoms with Crippen molar-refractivity contribution < 1.29 is 0 Å². The second kappa shape index (κ2) is 38.7. The summed E-state index contributed by atoms with van der Waals surface area (Å²) in [5.74, 6) is 3.54. The summed E-state index contributed by atoms with van der Waals surface area (Å²) in [6, 6.07) is 9.91. The van der Waals surface area contributed by atoms with Crippen LogP contribution in [0.5, 0.6) is 0 Å². The van der Waals surface area contributed by atoms with E-state index in [1.54, 1.807) is 23.4 Å². The van der Waals surface area contributed by atoms with Crippen molar-refractivity contribution in [3.63, 3.8) is 0 Å². The molecule has 22 rings (SSSR count). The number of rotatable bonds is 22. The van der Waals surface area contributed by atoms with E-state index in [0.717, 1.165) is 217 Å². The molecule has 22 heterocycles. The van der Waals surface area contributed by atoms with Gasteiger partial charge in [-0.05, 0) is 187 Å². The van der Waals surface area contributed by atoms with E-state index in [1.807, 2.05) is 235 Å². The second-order valence-corrected chi connectivity index (χ2v) is 35.8. The molecule has 2 atom stereocenters. The van der Waals surface area contributed by atoms with Crippen LogP contribution in [0.15, 0.2) is 166 Å². The summed E-state index contributed by atoms with van der Waals surface area (Å²) in [6.45, 7) is 18.0. The largest absolute Gasteiger partial charge is 0.330 e. The molecule has 20 aromatic rings. The molecule has 132 heavy (non-hydrogen) atoms. The van der Waals surface area contributed by atoms with Crippen molar-refractivity contribution in [2.75, 3.05) is 66.4 Å². The molecule has 0 amide bonds. The molecular weight excluding hydrogens is 1770 g/mol. The van der Waals surface area contributed by atoms with E-state index in [1.165, 1.54) is 68.8 Å². The highest BCUT2D eigenvalue weighted by Gasteiger charge is 2.25. The molecule has 0 fully saturated rings. The molecule has 12 N–H and O–H groups in total. The van der Waals surface area contributed by atoms with Crippen LogP contribution in [0, 0.1) is 34.6 Å². The molecule has 0 saturated heterocycles. The number of hydrogen-bond acceptors (Lipinski definition) is 35. The van der Waals surface area contributed by atoms with Crippen LogP contribution >= 0.6 is 57.7 Å². The lowest BCUT2D eigenvalue weighted by molar-refractivity contribution is 0.629. The quantitative estimate of drug-likeness (QED) is 0.0301. The molecule has 0 radical (unpaired) electrons. The zero-order chi connectivity index (χ0) is 91.4. The van der Waals surface area contributed by atoms with E-state index in [4.69, 9.17) is 31.4 Å². The maximum absolute atomic E-state index is 6.08. The van der Waals surface area contributed by atoms with Crippen molar-refractivity contribution in [3.8, 4) is 56.3 Å². The van der Waals surface area contributed by atoms with Gasteiger partial charge in [0.2, 0.25) is 0 Å². The van der Waals surface area contributed by atoms with Gasteiger partial charge in [0.1, 0.15) is 25.0 Å². The van der Waals surface area contributed by atoms with E-state index < -0.39 is 0 Å². The third kappa shape index (κ3) is 19.7. The van der Waals surface area contributed by atoms with Gasteiger partial charge in [-0.1, -0.05) is 12.2 Å². The first-order chi connectivity index (χ1) is 64.0.